The summed E-state index contributed by atoms with van der Waals surface area (Å²) >= 11 is 0. The van der Waals surface area contributed by atoms with E-state index < -0.39 is 11.6 Å². The largest absolute Gasteiger partial charge is 0.367 e. The van der Waals surface area contributed by atoms with Crippen molar-refractivity contribution in [2.75, 3.05) is 48.3 Å². The quantitative estimate of drug-likeness (QED) is 0.258. The number of hydrogen-bond acceptors (Lipinski definition) is 6. The molecule has 0 unspecified atom stereocenters. The van der Waals surface area contributed by atoms with Crippen molar-refractivity contribution >= 4 is 39.8 Å². The van der Waals surface area contributed by atoms with E-state index in [2.05, 4.69) is 45.9 Å². The number of aromatic nitrogens is 2. The van der Waals surface area contributed by atoms with Gasteiger partial charge in [-0.3, -0.25) is 9.69 Å². The summed E-state index contributed by atoms with van der Waals surface area (Å²) in [6, 6.07) is 15.4. The van der Waals surface area contributed by atoms with Crippen LogP contribution in [0.1, 0.15) is 13.8 Å². The predicted molar refractivity (Wildman–Crippen MR) is 157 cm³/mol. The van der Waals surface area contributed by atoms with Crippen LogP contribution in [0.2, 0.25) is 0 Å². The molecule has 0 bridgehead atoms. The van der Waals surface area contributed by atoms with Crippen molar-refractivity contribution in [2.45, 2.75) is 13.8 Å². The summed E-state index contributed by atoms with van der Waals surface area (Å²) in [5.74, 6) is -0.679. The lowest BCUT2D eigenvalue weighted by Crippen LogP contribution is -2.47. The Labute approximate surface area is 232 Å². The molecule has 3 aromatic carbocycles. The number of benzene rings is 3. The van der Waals surface area contributed by atoms with Gasteiger partial charge in [-0.1, -0.05) is 50.8 Å². The number of nitrogens with one attached hydrogen (secondary N) is 2. The molecule has 1 aliphatic heterocycles. The van der Waals surface area contributed by atoms with E-state index in [-0.39, 0.29) is 23.2 Å². The maximum Gasteiger partial charge on any atom is 0.247 e. The molecular weight excluding hydrogens is 510 g/mol. The fourth-order valence-corrected chi connectivity index (χ4v) is 4.99. The second-order valence-corrected chi connectivity index (χ2v) is 10.3. The molecule has 0 saturated carbocycles. The lowest BCUT2D eigenvalue weighted by molar-refractivity contribution is -0.111. The van der Waals surface area contributed by atoms with Crippen LogP contribution in [0, 0.1) is 17.6 Å². The fourth-order valence-electron chi connectivity index (χ4n) is 4.99. The maximum absolute atomic E-state index is 15.2. The first kappa shape index (κ1) is 27.2. The Kier molecular flexibility index (Phi) is 8.02. The molecule has 1 saturated heterocycles. The highest BCUT2D eigenvalue weighted by Crippen LogP contribution is 2.32. The molecule has 5 rings (SSSR count). The number of halogens is 2. The molecule has 206 valence electrons. The Morgan fingerprint density at radius 3 is 2.58 bits per heavy atom. The maximum atomic E-state index is 15.2. The van der Waals surface area contributed by atoms with Crippen LogP contribution in [-0.2, 0) is 4.79 Å². The van der Waals surface area contributed by atoms with E-state index in [0.717, 1.165) is 42.2 Å². The smallest absolute Gasteiger partial charge is 0.247 e. The Hall–Kier alpha value is -4.37. The fraction of sp³-hybridized carbons (Fsp3) is 0.258. The molecule has 2 N–H and O–H groups in total. The predicted octanol–water partition coefficient (Wildman–Crippen LogP) is 6.22. The third-order valence-corrected chi connectivity index (χ3v) is 6.86. The van der Waals surface area contributed by atoms with Crippen LogP contribution in [0.5, 0.6) is 0 Å². The highest BCUT2D eigenvalue weighted by molar-refractivity contribution is 6.00. The third-order valence-electron chi connectivity index (χ3n) is 6.86. The van der Waals surface area contributed by atoms with Crippen molar-refractivity contribution in [3.05, 3.63) is 85.1 Å². The summed E-state index contributed by atoms with van der Waals surface area (Å²) < 4.78 is 30.4. The number of rotatable bonds is 8. The lowest BCUT2D eigenvalue weighted by atomic mass is 10.0. The first-order valence-electron chi connectivity index (χ1n) is 13.3. The van der Waals surface area contributed by atoms with E-state index in [1.165, 1.54) is 12.1 Å². The molecule has 1 aromatic heterocycles. The Balaban J connectivity index is 1.38. The summed E-state index contributed by atoms with van der Waals surface area (Å²) in [6.07, 6.45) is 2.84. The van der Waals surface area contributed by atoms with Gasteiger partial charge in [-0.2, -0.15) is 0 Å². The number of para-hydroxylation sites is 1. The first-order valence-corrected chi connectivity index (χ1v) is 13.3. The van der Waals surface area contributed by atoms with Gasteiger partial charge in [0.15, 0.2) is 0 Å². The van der Waals surface area contributed by atoms with Crippen LogP contribution >= 0.6 is 0 Å². The zero-order valence-corrected chi connectivity index (χ0v) is 22.6. The van der Waals surface area contributed by atoms with E-state index in [1.54, 1.807) is 12.3 Å². The summed E-state index contributed by atoms with van der Waals surface area (Å²) in [4.78, 5) is 25.0. The normalized spacial score (nSPS) is 14.0. The molecular formula is C31H32F2N6O. The number of fused-ring (bicyclic) bond motifs is 1. The highest BCUT2D eigenvalue weighted by Gasteiger charge is 2.22. The standard InChI is InChI=1S/C31H32F2N6O/c1-4-29(40)35-23-9-5-7-21(15-23)24-10-6-8-22-18-34-31(37-30(22)24)36-27-16-26(33)28(17-25(27)32)39-13-11-38(12-14-39)19-20(2)3/h4-10,15-18,20H,1,11-14,19H2,2-3H3,(H,35,40)(H,34,36,37). The van der Waals surface area contributed by atoms with Gasteiger partial charge in [0, 0.05) is 67.7 Å². The van der Waals surface area contributed by atoms with Gasteiger partial charge in [0.1, 0.15) is 11.6 Å². The van der Waals surface area contributed by atoms with Crippen molar-refractivity contribution in [1.82, 2.24) is 14.9 Å². The van der Waals surface area contributed by atoms with Crippen LogP contribution in [-0.4, -0.2) is 53.5 Å². The van der Waals surface area contributed by atoms with Crippen LogP contribution in [0.25, 0.3) is 22.0 Å². The van der Waals surface area contributed by atoms with E-state index in [1.807, 2.05) is 41.3 Å². The molecule has 7 nitrogen and oxygen atoms in total. The summed E-state index contributed by atoms with van der Waals surface area (Å²) in [5.41, 5.74) is 3.10. The van der Waals surface area contributed by atoms with Crippen LogP contribution in [0.15, 0.2) is 73.4 Å². The summed E-state index contributed by atoms with van der Waals surface area (Å²) in [7, 11) is 0. The number of amides is 1. The first-order chi connectivity index (χ1) is 19.3. The number of carbonyl (C=O) groups excluding carboxylic acids is 1. The average Bonchev–Trinajstić information content (AvgIpc) is 2.94. The van der Waals surface area contributed by atoms with E-state index in [9.17, 15) is 4.79 Å². The highest BCUT2D eigenvalue weighted by atomic mass is 19.1. The van der Waals surface area contributed by atoms with Crippen molar-refractivity contribution in [3.63, 3.8) is 0 Å². The zero-order valence-electron chi connectivity index (χ0n) is 22.6. The van der Waals surface area contributed by atoms with Gasteiger partial charge in [-0.15, -0.1) is 0 Å². The number of hydrogen-bond donors (Lipinski definition) is 2. The molecule has 9 heteroatoms. The minimum absolute atomic E-state index is 0.0364. The van der Waals surface area contributed by atoms with E-state index >= 15 is 8.78 Å². The molecule has 1 fully saturated rings. The van der Waals surface area contributed by atoms with Crippen molar-refractivity contribution in [3.8, 4) is 11.1 Å². The molecule has 4 aromatic rings. The minimum Gasteiger partial charge on any atom is -0.367 e. The Morgan fingerprint density at radius 1 is 1.05 bits per heavy atom. The second-order valence-electron chi connectivity index (χ2n) is 10.3. The monoisotopic (exact) mass is 542 g/mol. The van der Waals surface area contributed by atoms with Crippen LogP contribution < -0.4 is 15.5 Å². The molecule has 1 amide bonds. The summed E-state index contributed by atoms with van der Waals surface area (Å²) in [5, 5.41) is 6.39. The van der Waals surface area contributed by atoms with Crippen LogP contribution in [0.3, 0.4) is 0 Å². The topological polar surface area (TPSA) is 73.4 Å². The van der Waals surface area contributed by atoms with Gasteiger partial charge in [0.25, 0.3) is 0 Å². The van der Waals surface area contributed by atoms with Crippen molar-refractivity contribution < 1.29 is 13.6 Å². The van der Waals surface area contributed by atoms with Gasteiger partial charge in [-0.05, 0) is 29.7 Å². The zero-order chi connectivity index (χ0) is 28.2. The van der Waals surface area contributed by atoms with Gasteiger partial charge in [0.05, 0.1) is 16.9 Å². The van der Waals surface area contributed by atoms with E-state index in [4.69, 9.17) is 0 Å². The number of nitrogens with zero attached hydrogens (tertiary/aromatic N) is 4. The number of piperazine rings is 1. The Morgan fingerprint density at radius 2 is 1.82 bits per heavy atom. The third kappa shape index (κ3) is 6.10. The minimum atomic E-state index is -0.580. The van der Waals surface area contributed by atoms with Gasteiger partial charge < -0.3 is 15.5 Å². The second kappa shape index (κ2) is 11.8. The summed E-state index contributed by atoms with van der Waals surface area (Å²) in [6.45, 7) is 11.8. The lowest BCUT2D eigenvalue weighted by Gasteiger charge is -2.37. The molecule has 40 heavy (non-hydrogen) atoms. The SMILES string of the molecule is C=CC(=O)Nc1cccc(-c2cccc3cnc(Nc4cc(F)c(N5CCN(CC(C)C)CC5)cc4F)nc23)c1. The number of anilines is 4. The Bertz CT molecular complexity index is 1550. The van der Waals surface area contributed by atoms with Gasteiger partial charge >= 0.3 is 0 Å². The molecule has 1 aliphatic rings. The molecule has 0 spiro atoms. The van der Waals surface area contributed by atoms with Crippen molar-refractivity contribution in [1.29, 1.82) is 0 Å². The molecule has 0 atom stereocenters. The number of carbonyl (C=O) groups is 1. The molecule has 2 heterocycles. The van der Waals surface area contributed by atoms with E-state index in [0.29, 0.717) is 30.2 Å². The van der Waals surface area contributed by atoms with Gasteiger partial charge in [-0.25, -0.2) is 18.7 Å². The van der Waals surface area contributed by atoms with Gasteiger partial charge in [0.2, 0.25) is 11.9 Å². The molecule has 0 aliphatic carbocycles. The molecule has 0 radical (unpaired) electrons. The average molecular weight is 543 g/mol. The van der Waals surface area contributed by atoms with Crippen LogP contribution in [0.4, 0.5) is 31.8 Å². The van der Waals surface area contributed by atoms with Crippen molar-refractivity contribution in [2.24, 2.45) is 5.92 Å².